The summed E-state index contributed by atoms with van der Waals surface area (Å²) >= 11 is 12.1. The van der Waals surface area contributed by atoms with Crippen molar-refractivity contribution in [1.82, 2.24) is 4.98 Å². The van der Waals surface area contributed by atoms with E-state index in [1.54, 1.807) is 18.3 Å². The fraction of sp³-hybridized carbons (Fsp3) is 0.0833. The number of hydrogen-bond acceptors (Lipinski definition) is 1. The number of hydrogen-bond donors (Lipinski definition) is 0. The molecular formula is C12H9Cl2N. The van der Waals surface area contributed by atoms with Crippen LogP contribution in [0.25, 0.3) is 16.5 Å². The number of benzene rings is 1. The first-order valence-corrected chi connectivity index (χ1v) is 5.25. The van der Waals surface area contributed by atoms with Gasteiger partial charge in [-0.05, 0) is 30.7 Å². The summed E-state index contributed by atoms with van der Waals surface area (Å²) in [6.07, 6.45) is 1.74. The Hall–Kier alpha value is -1.05. The van der Waals surface area contributed by atoms with Crippen LogP contribution in [0.15, 0.2) is 31.0 Å². The summed E-state index contributed by atoms with van der Waals surface area (Å²) in [7, 11) is 0. The number of nitrogens with zero attached hydrogens (tertiary/aromatic N) is 1. The van der Waals surface area contributed by atoms with Gasteiger partial charge in [-0.15, -0.1) is 0 Å². The van der Waals surface area contributed by atoms with Gasteiger partial charge in [0, 0.05) is 16.6 Å². The molecule has 0 amide bonds. The number of aromatic nitrogens is 1. The maximum absolute atomic E-state index is 6.15. The van der Waals surface area contributed by atoms with Crippen LogP contribution in [0.2, 0.25) is 10.0 Å². The van der Waals surface area contributed by atoms with Crippen molar-refractivity contribution < 1.29 is 0 Å². The predicted octanol–water partition coefficient (Wildman–Crippen LogP) is 4.57. The molecule has 0 aliphatic rings. The highest BCUT2D eigenvalue weighted by atomic mass is 35.5. The van der Waals surface area contributed by atoms with E-state index >= 15 is 0 Å². The molecule has 0 N–H and O–H groups in total. The SMILES string of the molecule is C=C(C)c1ccnc2cc(Cl)cc(Cl)c12. The summed E-state index contributed by atoms with van der Waals surface area (Å²) < 4.78 is 0. The van der Waals surface area contributed by atoms with Gasteiger partial charge in [0.25, 0.3) is 0 Å². The average molecular weight is 238 g/mol. The Morgan fingerprint density at radius 3 is 2.73 bits per heavy atom. The quantitative estimate of drug-likeness (QED) is 0.708. The Labute approximate surface area is 98.3 Å². The first-order chi connectivity index (χ1) is 7.09. The highest BCUT2D eigenvalue weighted by molar-refractivity contribution is 6.39. The third kappa shape index (κ3) is 1.85. The van der Waals surface area contributed by atoms with E-state index in [9.17, 15) is 0 Å². The van der Waals surface area contributed by atoms with E-state index < -0.39 is 0 Å². The van der Waals surface area contributed by atoms with Crippen molar-refractivity contribution in [1.29, 1.82) is 0 Å². The fourth-order valence-corrected chi connectivity index (χ4v) is 2.14. The second-order valence-corrected chi connectivity index (χ2v) is 4.26. The van der Waals surface area contributed by atoms with E-state index in [1.807, 2.05) is 13.0 Å². The molecule has 0 fully saturated rings. The molecule has 0 unspecified atom stereocenters. The molecular weight excluding hydrogens is 229 g/mol. The van der Waals surface area contributed by atoms with E-state index in [0.717, 1.165) is 22.0 Å². The fourth-order valence-electron chi connectivity index (χ4n) is 1.56. The number of halogens is 2. The Morgan fingerprint density at radius 1 is 1.33 bits per heavy atom. The second-order valence-electron chi connectivity index (χ2n) is 3.42. The van der Waals surface area contributed by atoms with Gasteiger partial charge in [-0.2, -0.15) is 0 Å². The Morgan fingerprint density at radius 2 is 2.07 bits per heavy atom. The van der Waals surface area contributed by atoms with Crippen molar-refractivity contribution in [3.8, 4) is 0 Å². The van der Waals surface area contributed by atoms with Gasteiger partial charge in [-0.1, -0.05) is 35.4 Å². The predicted molar refractivity (Wildman–Crippen MR) is 66.5 cm³/mol. The Balaban J connectivity index is 2.91. The van der Waals surface area contributed by atoms with Crippen LogP contribution in [0.1, 0.15) is 12.5 Å². The van der Waals surface area contributed by atoms with Gasteiger partial charge in [0.15, 0.2) is 0 Å². The second kappa shape index (κ2) is 3.84. The minimum Gasteiger partial charge on any atom is -0.256 e. The lowest BCUT2D eigenvalue weighted by Gasteiger charge is -2.07. The average Bonchev–Trinajstić information content (AvgIpc) is 2.16. The maximum Gasteiger partial charge on any atom is 0.0737 e. The summed E-state index contributed by atoms with van der Waals surface area (Å²) in [6, 6.07) is 5.43. The molecule has 0 saturated carbocycles. The smallest absolute Gasteiger partial charge is 0.0737 e. The van der Waals surface area contributed by atoms with Crippen LogP contribution in [0.5, 0.6) is 0 Å². The molecule has 2 aromatic rings. The van der Waals surface area contributed by atoms with Gasteiger partial charge in [0.1, 0.15) is 0 Å². The number of fused-ring (bicyclic) bond motifs is 1. The van der Waals surface area contributed by atoms with Crippen molar-refractivity contribution in [2.75, 3.05) is 0 Å². The zero-order chi connectivity index (χ0) is 11.0. The molecule has 3 heteroatoms. The monoisotopic (exact) mass is 237 g/mol. The molecule has 15 heavy (non-hydrogen) atoms. The van der Waals surface area contributed by atoms with Crippen LogP contribution in [0.3, 0.4) is 0 Å². The van der Waals surface area contributed by atoms with Gasteiger partial charge in [0.05, 0.1) is 10.5 Å². The summed E-state index contributed by atoms with van der Waals surface area (Å²) in [5, 5.41) is 2.12. The Kier molecular flexibility index (Phi) is 2.68. The van der Waals surface area contributed by atoms with Gasteiger partial charge < -0.3 is 0 Å². The molecule has 0 atom stereocenters. The summed E-state index contributed by atoms with van der Waals surface area (Å²) in [6.45, 7) is 5.86. The normalized spacial score (nSPS) is 10.6. The van der Waals surface area contributed by atoms with E-state index in [-0.39, 0.29) is 0 Å². The lowest BCUT2D eigenvalue weighted by atomic mass is 10.0. The topological polar surface area (TPSA) is 12.9 Å². The van der Waals surface area contributed by atoms with Crippen molar-refractivity contribution in [2.24, 2.45) is 0 Å². The van der Waals surface area contributed by atoms with Crippen LogP contribution >= 0.6 is 23.2 Å². The number of allylic oxidation sites excluding steroid dienone is 1. The number of rotatable bonds is 1. The van der Waals surface area contributed by atoms with E-state index in [0.29, 0.717) is 10.0 Å². The highest BCUT2D eigenvalue weighted by Gasteiger charge is 2.07. The van der Waals surface area contributed by atoms with Crippen LogP contribution < -0.4 is 0 Å². The molecule has 2 rings (SSSR count). The van der Waals surface area contributed by atoms with E-state index in [2.05, 4.69) is 11.6 Å². The third-order valence-electron chi connectivity index (χ3n) is 2.22. The van der Waals surface area contributed by atoms with Crippen LogP contribution in [0, 0.1) is 0 Å². The zero-order valence-electron chi connectivity index (χ0n) is 8.22. The minimum atomic E-state index is 0.596. The molecule has 0 spiro atoms. The van der Waals surface area contributed by atoms with Crippen molar-refractivity contribution in [3.63, 3.8) is 0 Å². The van der Waals surface area contributed by atoms with E-state index in [4.69, 9.17) is 23.2 Å². The maximum atomic E-state index is 6.15. The van der Waals surface area contributed by atoms with E-state index in [1.165, 1.54) is 0 Å². The lowest BCUT2D eigenvalue weighted by Crippen LogP contribution is -1.86. The summed E-state index contributed by atoms with van der Waals surface area (Å²) in [5.74, 6) is 0. The van der Waals surface area contributed by atoms with Crippen LogP contribution in [-0.4, -0.2) is 4.98 Å². The first-order valence-electron chi connectivity index (χ1n) is 4.49. The number of pyridine rings is 1. The third-order valence-corrected chi connectivity index (χ3v) is 2.73. The molecule has 0 bridgehead atoms. The molecule has 0 saturated heterocycles. The molecule has 0 aliphatic heterocycles. The molecule has 0 radical (unpaired) electrons. The van der Waals surface area contributed by atoms with Gasteiger partial charge >= 0.3 is 0 Å². The Bertz CT molecular complexity index is 547. The summed E-state index contributed by atoms with van der Waals surface area (Å²) in [4.78, 5) is 4.24. The van der Waals surface area contributed by atoms with Crippen molar-refractivity contribution in [2.45, 2.75) is 6.92 Å². The van der Waals surface area contributed by atoms with Crippen LogP contribution in [0.4, 0.5) is 0 Å². The van der Waals surface area contributed by atoms with Gasteiger partial charge in [-0.25, -0.2) is 0 Å². The molecule has 1 aromatic carbocycles. The largest absolute Gasteiger partial charge is 0.256 e. The molecule has 1 heterocycles. The minimum absolute atomic E-state index is 0.596. The van der Waals surface area contributed by atoms with Gasteiger partial charge in [-0.3, -0.25) is 4.98 Å². The standard InChI is InChI=1S/C12H9Cl2N/c1-7(2)9-3-4-15-11-6-8(13)5-10(14)12(9)11/h3-6H,1H2,2H3. The van der Waals surface area contributed by atoms with Crippen molar-refractivity contribution in [3.05, 3.63) is 46.6 Å². The molecule has 76 valence electrons. The lowest BCUT2D eigenvalue weighted by molar-refractivity contribution is 1.40. The zero-order valence-corrected chi connectivity index (χ0v) is 9.73. The molecule has 1 aromatic heterocycles. The first kappa shape index (κ1) is 10.5. The van der Waals surface area contributed by atoms with Crippen molar-refractivity contribution >= 4 is 39.7 Å². The molecule has 0 aliphatic carbocycles. The highest BCUT2D eigenvalue weighted by Crippen LogP contribution is 2.31. The molecule has 1 nitrogen and oxygen atoms in total. The van der Waals surface area contributed by atoms with Crippen LogP contribution in [-0.2, 0) is 0 Å². The van der Waals surface area contributed by atoms with Gasteiger partial charge in [0.2, 0.25) is 0 Å². The summed E-state index contributed by atoms with van der Waals surface area (Å²) in [5.41, 5.74) is 2.78.